The van der Waals surface area contributed by atoms with Gasteiger partial charge in [-0.1, -0.05) is 11.8 Å². The van der Waals surface area contributed by atoms with Crippen molar-refractivity contribution in [2.75, 3.05) is 23.8 Å². The molecular formula is C14H19N3O2S. The number of rotatable bonds is 5. The van der Waals surface area contributed by atoms with Gasteiger partial charge in [0.15, 0.2) is 0 Å². The van der Waals surface area contributed by atoms with E-state index < -0.39 is 0 Å². The molecule has 1 saturated heterocycles. The molecule has 2 heterocycles. The monoisotopic (exact) mass is 293 g/mol. The van der Waals surface area contributed by atoms with Crippen molar-refractivity contribution in [3.63, 3.8) is 0 Å². The molecule has 0 aromatic carbocycles. The summed E-state index contributed by atoms with van der Waals surface area (Å²) in [5.41, 5.74) is 0. The third-order valence-corrected chi connectivity index (χ3v) is 4.82. The first-order valence-corrected chi connectivity index (χ1v) is 8.12. The van der Waals surface area contributed by atoms with Crippen LogP contribution in [0.4, 0.5) is 5.82 Å². The molecule has 1 aliphatic carbocycles. The maximum absolute atomic E-state index is 11.4. The number of aromatic nitrogens is 2. The number of ether oxygens (including phenoxy) is 1. The minimum Gasteiger partial charge on any atom is -0.465 e. The predicted molar refractivity (Wildman–Crippen MR) is 77.9 cm³/mol. The lowest BCUT2D eigenvalue weighted by Gasteiger charge is -2.27. The number of carbonyl (C=O) groups is 1. The van der Waals surface area contributed by atoms with Crippen LogP contribution < -0.4 is 4.90 Å². The summed E-state index contributed by atoms with van der Waals surface area (Å²) in [6, 6.07) is 0.639. The van der Waals surface area contributed by atoms with E-state index in [1.807, 2.05) is 13.1 Å². The molecule has 2 fully saturated rings. The second-order valence-corrected chi connectivity index (χ2v) is 6.29. The van der Waals surface area contributed by atoms with Gasteiger partial charge < -0.3 is 9.64 Å². The molecule has 5 nitrogen and oxygen atoms in total. The van der Waals surface area contributed by atoms with Crippen molar-refractivity contribution >= 4 is 23.5 Å². The third-order valence-electron chi connectivity index (χ3n) is 3.95. The van der Waals surface area contributed by atoms with Gasteiger partial charge in [-0.25, -0.2) is 4.98 Å². The second kappa shape index (κ2) is 5.99. The first kappa shape index (κ1) is 13.7. The van der Waals surface area contributed by atoms with Gasteiger partial charge in [0.2, 0.25) is 0 Å². The van der Waals surface area contributed by atoms with E-state index in [0.717, 1.165) is 23.3 Å². The quantitative estimate of drug-likeness (QED) is 0.612. The van der Waals surface area contributed by atoms with Crippen LogP contribution in [-0.4, -0.2) is 40.9 Å². The van der Waals surface area contributed by atoms with Gasteiger partial charge in [-0.15, -0.1) is 0 Å². The maximum atomic E-state index is 11.4. The van der Waals surface area contributed by atoms with Gasteiger partial charge in [0.05, 0.1) is 24.8 Å². The lowest BCUT2D eigenvalue weighted by Crippen LogP contribution is -2.32. The highest BCUT2D eigenvalue weighted by molar-refractivity contribution is 7.99. The molecule has 0 amide bonds. The predicted octanol–water partition coefficient (Wildman–Crippen LogP) is 2.12. The van der Waals surface area contributed by atoms with Gasteiger partial charge in [-0.05, 0) is 32.1 Å². The van der Waals surface area contributed by atoms with Crippen LogP contribution in [0.2, 0.25) is 0 Å². The number of anilines is 1. The van der Waals surface area contributed by atoms with Crippen LogP contribution in [0.25, 0.3) is 0 Å². The summed E-state index contributed by atoms with van der Waals surface area (Å²) >= 11 is 1.39. The largest absolute Gasteiger partial charge is 0.465 e. The molecule has 2 atom stereocenters. The zero-order valence-electron chi connectivity index (χ0n) is 11.6. The number of nitrogens with zero attached hydrogens (tertiary/aromatic N) is 3. The fourth-order valence-corrected chi connectivity index (χ4v) is 3.73. The highest BCUT2D eigenvalue weighted by atomic mass is 32.2. The summed E-state index contributed by atoms with van der Waals surface area (Å²) in [5.74, 6) is 1.87. The van der Waals surface area contributed by atoms with E-state index in [1.54, 1.807) is 6.20 Å². The Hall–Kier alpha value is -1.30. The molecule has 1 aromatic heterocycles. The molecule has 3 rings (SSSR count). The van der Waals surface area contributed by atoms with Crippen molar-refractivity contribution in [3.05, 3.63) is 12.4 Å². The van der Waals surface area contributed by atoms with Crippen LogP contribution in [0.15, 0.2) is 17.4 Å². The minimum absolute atomic E-state index is 0.204. The van der Waals surface area contributed by atoms with Crippen molar-refractivity contribution in [1.29, 1.82) is 0 Å². The molecule has 6 heteroatoms. The highest BCUT2D eigenvalue weighted by Gasteiger charge is 2.38. The molecule has 108 valence electrons. The van der Waals surface area contributed by atoms with E-state index in [2.05, 4.69) is 14.9 Å². The molecule has 0 N–H and O–H groups in total. The van der Waals surface area contributed by atoms with Crippen LogP contribution in [0, 0.1) is 5.92 Å². The summed E-state index contributed by atoms with van der Waals surface area (Å²) in [4.78, 5) is 22.6. The Balaban J connectivity index is 1.63. The smallest absolute Gasteiger partial charge is 0.316 e. The summed E-state index contributed by atoms with van der Waals surface area (Å²) in [7, 11) is 0. The Kier molecular flexibility index (Phi) is 4.10. The fraction of sp³-hybridized carbons (Fsp3) is 0.643. The van der Waals surface area contributed by atoms with Crippen LogP contribution in [0.1, 0.15) is 26.2 Å². The van der Waals surface area contributed by atoms with Crippen molar-refractivity contribution in [2.45, 2.75) is 37.3 Å². The Morgan fingerprint density at radius 2 is 2.40 bits per heavy atom. The van der Waals surface area contributed by atoms with Gasteiger partial charge >= 0.3 is 5.97 Å². The van der Waals surface area contributed by atoms with Crippen molar-refractivity contribution < 1.29 is 9.53 Å². The minimum atomic E-state index is -0.204. The highest BCUT2D eigenvalue weighted by Crippen LogP contribution is 2.39. The van der Waals surface area contributed by atoms with E-state index in [4.69, 9.17) is 4.74 Å². The van der Waals surface area contributed by atoms with Gasteiger partial charge in [-0.3, -0.25) is 9.78 Å². The van der Waals surface area contributed by atoms with Crippen LogP contribution in [-0.2, 0) is 9.53 Å². The lowest BCUT2D eigenvalue weighted by atomic mass is 10.1. The molecule has 2 bridgehead atoms. The number of fused-ring (bicyclic) bond motifs is 2. The van der Waals surface area contributed by atoms with E-state index in [1.165, 1.54) is 31.0 Å². The Bertz CT molecular complexity index is 497. The number of carbonyl (C=O) groups excluding carboxylic acids is 1. The summed E-state index contributed by atoms with van der Waals surface area (Å²) in [6.07, 6.45) is 7.46. The molecule has 2 aliphatic rings. The summed E-state index contributed by atoms with van der Waals surface area (Å²) < 4.78 is 4.92. The molecule has 0 radical (unpaired) electrons. The Morgan fingerprint density at radius 1 is 1.50 bits per heavy atom. The van der Waals surface area contributed by atoms with E-state index >= 15 is 0 Å². The fourth-order valence-electron chi connectivity index (χ4n) is 3.09. The lowest BCUT2D eigenvalue weighted by molar-refractivity contribution is -0.139. The zero-order chi connectivity index (χ0) is 13.9. The van der Waals surface area contributed by atoms with Gasteiger partial charge in [0.1, 0.15) is 10.8 Å². The van der Waals surface area contributed by atoms with Crippen molar-refractivity contribution in [2.24, 2.45) is 5.92 Å². The van der Waals surface area contributed by atoms with Crippen LogP contribution in [0.5, 0.6) is 0 Å². The molecule has 1 aliphatic heterocycles. The molecule has 1 aromatic rings. The normalized spacial score (nSPS) is 24.1. The molecule has 1 saturated carbocycles. The van der Waals surface area contributed by atoms with Gasteiger partial charge in [0, 0.05) is 12.6 Å². The maximum Gasteiger partial charge on any atom is 0.316 e. The van der Waals surface area contributed by atoms with E-state index in [-0.39, 0.29) is 11.7 Å². The molecular weight excluding hydrogens is 274 g/mol. The van der Waals surface area contributed by atoms with Gasteiger partial charge in [-0.2, -0.15) is 0 Å². The number of piperidine rings is 1. The standard InChI is InChI=1S/C14H19N3O2S/c1-2-19-14(18)9-20-13-7-15-6-12(16-13)17-8-10-3-4-11(17)5-10/h6-7,10-11H,2-5,8-9H2,1H3. The van der Waals surface area contributed by atoms with Crippen molar-refractivity contribution in [1.82, 2.24) is 9.97 Å². The zero-order valence-corrected chi connectivity index (χ0v) is 12.4. The first-order chi connectivity index (χ1) is 9.76. The third kappa shape index (κ3) is 2.90. The van der Waals surface area contributed by atoms with Crippen molar-refractivity contribution in [3.8, 4) is 0 Å². The number of hydrogen-bond acceptors (Lipinski definition) is 6. The number of thioether (sulfide) groups is 1. The van der Waals surface area contributed by atoms with E-state index in [0.29, 0.717) is 12.6 Å². The van der Waals surface area contributed by atoms with Gasteiger partial charge in [0.25, 0.3) is 0 Å². The second-order valence-electron chi connectivity index (χ2n) is 5.29. The van der Waals surface area contributed by atoms with Crippen LogP contribution >= 0.6 is 11.8 Å². The topological polar surface area (TPSA) is 55.3 Å². The SMILES string of the molecule is CCOC(=O)CSc1cncc(N2CC3CCC2C3)n1. The average Bonchev–Trinajstić information content (AvgIpc) is 3.08. The average molecular weight is 293 g/mol. The Labute approximate surface area is 123 Å². The molecule has 0 spiro atoms. The summed E-state index contributed by atoms with van der Waals surface area (Å²) in [5, 5.41) is 0.790. The van der Waals surface area contributed by atoms with E-state index in [9.17, 15) is 4.79 Å². The summed E-state index contributed by atoms with van der Waals surface area (Å²) in [6.45, 7) is 3.33. The molecule has 20 heavy (non-hydrogen) atoms. The molecule has 2 unspecified atom stereocenters. The first-order valence-electron chi connectivity index (χ1n) is 7.13. The van der Waals surface area contributed by atoms with Crippen LogP contribution in [0.3, 0.4) is 0 Å². The number of hydrogen-bond donors (Lipinski definition) is 0. The number of esters is 1. The Morgan fingerprint density at radius 3 is 3.10 bits per heavy atom.